The maximum atomic E-state index is 12.2. The molecule has 22 heavy (non-hydrogen) atoms. The fraction of sp³-hybridized carbons (Fsp3) is 0.529. The van der Waals surface area contributed by atoms with E-state index in [9.17, 15) is 9.59 Å². The molecule has 0 aliphatic carbocycles. The molecule has 0 bridgehead atoms. The average Bonchev–Trinajstić information content (AvgIpc) is 2.42. The zero-order valence-corrected chi connectivity index (χ0v) is 13.6. The van der Waals surface area contributed by atoms with Crippen molar-refractivity contribution in [3.63, 3.8) is 0 Å². The second kappa shape index (κ2) is 6.92. The quantitative estimate of drug-likeness (QED) is 0.803. The number of ether oxygens (including phenoxy) is 2. The Hall–Kier alpha value is -1.88. The van der Waals surface area contributed by atoms with Crippen LogP contribution in [0.1, 0.15) is 35.3 Å². The number of nitrogens with zero attached hydrogens (tertiary/aromatic N) is 1. The highest BCUT2D eigenvalue weighted by Crippen LogP contribution is 2.12. The van der Waals surface area contributed by atoms with E-state index in [-0.39, 0.29) is 24.7 Å². The van der Waals surface area contributed by atoms with Crippen LogP contribution in [0.25, 0.3) is 0 Å². The summed E-state index contributed by atoms with van der Waals surface area (Å²) < 4.78 is 10.7. The van der Waals surface area contributed by atoms with Crippen molar-refractivity contribution in [2.24, 2.45) is 0 Å². The van der Waals surface area contributed by atoms with Gasteiger partial charge in [-0.25, -0.2) is 4.79 Å². The first-order valence-corrected chi connectivity index (χ1v) is 7.54. The minimum atomic E-state index is -0.463. The lowest BCUT2D eigenvalue weighted by molar-refractivity contribution is -0.146. The first-order valence-electron chi connectivity index (χ1n) is 7.54. The number of esters is 1. The minimum Gasteiger partial charge on any atom is -0.452 e. The van der Waals surface area contributed by atoms with Gasteiger partial charge >= 0.3 is 5.97 Å². The maximum Gasteiger partial charge on any atom is 0.338 e. The van der Waals surface area contributed by atoms with Gasteiger partial charge < -0.3 is 14.4 Å². The van der Waals surface area contributed by atoms with Crippen molar-refractivity contribution in [3.05, 3.63) is 34.9 Å². The van der Waals surface area contributed by atoms with Crippen LogP contribution in [0.5, 0.6) is 0 Å². The molecule has 5 heteroatoms. The van der Waals surface area contributed by atoms with Gasteiger partial charge in [0.25, 0.3) is 5.91 Å². The number of amides is 1. The van der Waals surface area contributed by atoms with E-state index in [4.69, 9.17) is 9.47 Å². The fourth-order valence-corrected chi connectivity index (χ4v) is 2.78. The van der Waals surface area contributed by atoms with Crippen LogP contribution in [-0.4, -0.2) is 48.7 Å². The maximum absolute atomic E-state index is 12.2. The molecule has 2 atom stereocenters. The van der Waals surface area contributed by atoms with Gasteiger partial charge in [-0.2, -0.15) is 0 Å². The van der Waals surface area contributed by atoms with Crippen LogP contribution in [0.2, 0.25) is 0 Å². The predicted molar refractivity (Wildman–Crippen MR) is 82.8 cm³/mol. The third-order valence-corrected chi connectivity index (χ3v) is 3.56. The lowest BCUT2D eigenvalue weighted by Gasteiger charge is -2.35. The molecule has 0 N–H and O–H groups in total. The van der Waals surface area contributed by atoms with Crippen molar-refractivity contribution in [1.82, 2.24) is 4.90 Å². The number of hydrogen-bond donors (Lipinski definition) is 0. The summed E-state index contributed by atoms with van der Waals surface area (Å²) in [6, 6.07) is 5.51. The summed E-state index contributed by atoms with van der Waals surface area (Å²) in [6.07, 6.45) is 0.00523. The summed E-state index contributed by atoms with van der Waals surface area (Å²) in [5.74, 6) is -0.644. The van der Waals surface area contributed by atoms with E-state index in [2.05, 4.69) is 0 Å². The monoisotopic (exact) mass is 305 g/mol. The third-order valence-electron chi connectivity index (χ3n) is 3.56. The van der Waals surface area contributed by atoms with Gasteiger partial charge in [-0.05, 0) is 39.8 Å². The van der Waals surface area contributed by atoms with E-state index in [1.165, 1.54) is 0 Å². The molecule has 0 saturated carbocycles. The number of rotatable bonds is 3. The van der Waals surface area contributed by atoms with E-state index in [1.807, 2.05) is 33.8 Å². The Morgan fingerprint density at radius 3 is 2.23 bits per heavy atom. The second-order valence-corrected chi connectivity index (χ2v) is 6.01. The number of carbonyl (C=O) groups is 2. The van der Waals surface area contributed by atoms with Crippen molar-refractivity contribution in [3.8, 4) is 0 Å². The van der Waals surface area contributed by atoms with E-state index in [0.29, 0.717) is 18.7 Å². The number of benzene rings is 1. The van der Waals surface area contributed by atoms with Crippen molar-refractivity contribution in [1.29, 1.82) is 0 Å². The molecule has 1 fully saturated rings. The molecule has 2 rings (SSSR count). The molecule has 120 valence electrons. The van der Waals surface area contributed by atoms with Gasteiger partial charge in [0, 0.05) is 13.1 Å². The van der Waals surface area contributed by atoms with Gasteiger partial charge in [0.1, 0.15) is 0 Å². The first kappa shape index (κ1) is 16.5. The number of aryl methyl sites for hydroxylation is 2. The normalized spacial score (nSPS) is 21.5. The smallest absolute Gasteiger partial charge is 0.338 e. The van der Waals surface area contributed by atoms with E-state index < -0.39 is 5.97 Å². The van der Waals surface area contributed by atoms with E-state index in [0.717, 1.165) is 11.1 Å². The molecule has 1 aromatic rings. The molecule has 0 aromatic heterocycles. The van der Waals surface area contributed by atoms with Gasteiger partial charge in [0.05, 0.1) is 17.8 Å². The Kier molecular flexibility index (Phi) is 5.19. The Morgan fingerprint density at radius 1 is 1.14 bits per heavy atom. The zero-order valence-electron chi connectivity index (χ0n) is 13.6. The molecule has 1 amide bonds. The van der Waals surface area contributed by atoms with Crippen LogP contribution in [0.4, 0.5) is 0 Å². The SMILES string of the molecule is Cc1cc(C)cc(C(=O)OCC(=O)N2CC(C)OC(C)C2)c1. The molecular formula is C17H23NO4. The standard InChI is InChI=1S/C17H23NO4/c1-11-5-12(2)7-15(6-11)17(20)21-10-16(19)18-8-13(3)22-14(4)9-18/h5-7,13-14H,8-10H2,1-4H3. The van der Waals surface area contributed by atoms with E-state index in [1.54, 1.807) is 17.0 Å². The van der Waals surface area contributed by atoms with Crippen LogP contribution in [0.15, 0.2) is 18.2 Å². The second-order valence-electron chi connectivity index (χ2n) is 6.01. The summed E-state index contributed by atoms with van der Waals surface area (Å²) in [5.41, 5.74) is 2.47. The van der Waals surface area contributed by atoms with Gasteiger partial charge in [0.2, 0.25) is 0 Å². The number of hydrogen-bond acceptors (Lipinski definition) is 4. The summed E-state index contributed by atoms with van der Waals surface area (Å²) in [5, 5.41) is 0. The summed E-state index contributed by atoms with van der Waals surface area (Å²) in [4.78, 5) is 25.9. The molecular weight excluding hydrogens is 282 g/mol. The predicted octanol–water partition coefficient (Wildman–Crippen LogP) is 2.10. The lowest BCUT2D eigenvalue weighted by atomic mass is 10.1. The third kappa shape index (κ3) is 4.31. The Labute approximate surface area is 131 Å². The summed E-state index contributed by atoms with van der Waals surface area (Å²) >= 11 is 0. The highest BCUT2D eigenvalue weighted by atomic mass is 16.5. The molecule has 1 aromatic carbocycles. The lowest BCUT2D eigenvalue weighted by Crippen LogP contribution is -2.49. The molecule has 5 nitrogen and oxygen atoms in total. The summed E-state index contributed by atoms with van der Waals surface area (Å²) in [7, 11) is 0. The van der Waals surface area contributed by atoms with Crippen molar-refractivity contribution < 1.29 is 19.1 Å². The molecule has 1 heterocycles. The van der Waals surface area contributed by atoms with Crippen LogP contribution in [-0.2, 0) is 14.3 Å². The van der Waals surface area contributed by atoms with Crippen LogP contribution < -0.4 is 0 Å². The number of morpholine rings is 1. The first-order chi connectivity index (χ1) is 10.3. The highest BCUT2D eigenvalue weighted by Gasteiger charge is 2.26. The fourth-order valence-electron chi connectivity index (χ4n) is 2.78. The largest absolute Gasteiger partial charge is 0.452 e. The van der Waals surface area contributed by atoms with Crippen molar-refractivity contribution in [2.75, 3.05) is 19.7 Å². The average molecular weight is 305 g/mol. The van der Waals surface area contributed by atoms with Gasteiger partial charge in [-0.1, -0.05) is 17.2 Å². The van der Waals surface area contributed by atoms with Gasteiger partial charge in [-0.3, -0.25) is 4.79 Å². The number of carbonyl (C=O) groups excluding carboxylic acids is 2. The Bertz CT molecular complexity index is 540. The van der Waals surface area contributed by atoms with Gasteiger partial charge in [0.15, 0.2) is 6.61 Å². The van der Waals surface area contributed by atoms with Crippen LogP contribution >= 0.6 is 0 Å². The zero-order chi connectivity index (χ0) is 16.3. The summed E-state index contributed by atoms with van der Waals surface area (Å²) in [6.45, 7) is 8.53. The minimum absolute atomic E-state index is 0.00261. The molecule has 0 radical (unpaired) electrons. The highest BCUT2D eigenvalue weighted by molar-refractivity contribution is 5.91. The molecule has 0 spiro atoms. The van der Waals surface area contributed by atoms with Crippen LogP contribution in [0.3, 0.4) is 0 Å². The van der Waals surface area contributed by atoms with E-state index >= 15 is 0 Å². The topological polar surface area (TPSA) is 55.8 Å². The molecule has 1 aliphatic rings. The van der Waals surface area contributed by atoms with Crippen molar-refractivity contribution in [2.45, 2.75) is 39.9 Å². The molecule has 1 aliphatic heterocycles. The molecule has 1 saturated heterocycles. The Balaban J connectivity index is 1.91. The molecule has 2 unspecified atom stereocenters. The Morgan fingerprint density at radius 2 is 1.68 bits per heavy atom. The van der Waals surface area contributed by atoms with Gasteiger partial charge in [-0.15, -0.1) is 0 Å². The van der Waals surface area contributed by atoms with Crippen molar-refractivity contribution >= 4 is 11.9 Å². The van der Waals surface area contributed by atoms with Crippen LogP contribution in [0, 0.1) is 13.8 Å².